The first-order valence-corrected chi connectivity index (χ1v) is 5.07. The van der Waals surface area contributed by atoms with Crippen LogP contribution in [0.25, 0.3) is 0 Å². The predicted molar refractivity (Wildman–Crippen MR) is 71.6 cm³/mol. The van der Waals surface area contributed by atoms with Gasteiger partial charge in [0.15, 0.2) is 0 Å². The fourth-order valence-corrected chi connectivity index (χ4v) is 1.71. The third kappa shape index (κ3) is 3.08. The van der Waals surface area contributed by atoms with Gasteiger partial charge in [-0.2, -0.15) is 0 Å². The van der Waals surface area contributed by atoms with Crippen LogP contribution < -0.4 is 0 Å². The molecule has 0 atom stereocenters. The van der Waals surface area contributed by atoms with E-state index in [0.29, 0.717) is 0 Å². The van der Waals surface area contributed by atoms with Gasteiger partial charge in [-0.25, -0.2) is 0 Å². The van der Waals surface area contributed by atoms with E-state index in [0.717, 1.165) is 5.29 Å². The van der Waals surface area contributed by atoms with Gasteiger partial charge >= 0.3 is 18.9 Å². The van der Waals surface area contributed by atoms with Crippen molar-refractivity contribution < 1.29 is 0 Å². The molecule has 2 heteroatoms. The first kappa shape index (κ1) is 12.3. The summed E-state index contributed by atoms with van der Waals surface area (Å²) >= 11 is 0. The van der Waals surface area contributed by atoms with Gasteiger partial charge in [0.1, 0.15) is 0 Å². The van der Waals surface area contributed by atoms with Crippen molar-refractivity contribution in [2.45, 2.75) is 0 Å². The Hall–Kier alpha value is -0.793. The Morgan fingerprint density at radius 3 is 1.33 bits per heavy atom. The first-order valence-electron chi connectivity index (χ1n) is 4.57. The predicted octanol–water partition coefficient (Wildman–Crippen LogP) is 2.75. The Labute approximate surface area is 105 Å². The summed E-state index contributed by atoms with van der Waals surface area (Å²) in [5.74, 6) is 0. The van der Waals surface area contributed by atoms with Crippen LogP contribution >= 0.6 is 8.86 Å². The zero-order valence-corrected chi connectivity index (χ0v) is 8.77. The van der Waals surface area contributed by atoms with Crippen LogP contribution in [0.5, 0.6) is 0 Å². The van der Waals surface area contributed by atoms with Gasteiger partial charge in [0.2, 0.25) is 0 Å². The van der Waals surface area contributed by atoms with Crippen molar-refractivity contribution in [3.05, 3.63) is 71.8 Å². The van der Waals surface area contributed by atoms with Crippen molar-refractivity contribution in [3.63, 3.8) is 0 Å². The van der Waals surface area contributed by atoms with Crippen molar-refractivity contribution in [1.82, 2.24) is 0 Å². The molecule has 0 bridgehead atoms. The third-order valence-electron chi connectivity index (χ3n) is 2.12. The molecule has 0 spiro atoms. The molecule has 15 heavy (non-hydrogen) atoms. The maximum atomic E-state index is 3.66. The molecular weight excluding hydrogens is 194 g/mol. The second-order valence-electron chi connectivity index (χ2n) is 3.11. The molecule has 2 aromatic carbocycles. The fraction of sp³-hybridized carbons (Fsp3) is 0. The Morgan fingerprint density at radius 2 is 1.00 bits per heavy atom. The van der Waals surface area contributed by atoms with E-state index in [4.69, 9.17) is 0 Å². The molecule has 0 aliphatic rings. The molecule has 70 valence electrons. The van der Waals surface area contributed by atoms with Gasteiger partial charge in [-0.3, -0.25) is 0 Å². The van der Waals surface area contributed by atoms with Crippen LogP contribution in [0.15, 0.2) is 60.7 Å². The van der Waals surface area contributed by atoms with Gasteiger partial charge in [0.25, 0.3) is 0 Å². The topological polar surface area (TPSA) is 0 Å². The summed E-state index contributed by atoms with van der Waals surface area (Å²) in [6, 6.07) is 20.6. The average molecular weight is 206 g/mol. The Bertz CT molecular complexity index is 381. The normalized spacial score (nSPS) is 9.07. The second-order valence-corrected chi connectivity index (χ2v) is 3.61. The summed E-state index contributed by atoms with van der Waals surface area (Å²) in [6.45, 7) is 0. The second kappa shape index (κ2) is 5.94. The van der Waals surface area contributed by atoms with Gasteiger partial charge in [0, 0.05) is 5.29 Å². The molecule has 2 rings (SSSR count). The number of rotatable bonds is 2. The molecule has 2 aromatic rings. The minimum atomic E-state index is 0. The van der Waals surface area contributed by atoms with Crippen molar-refractivity contribution >= 4 is 33.0 Å². The van der Waals surface area contributed by atoms with Crippen LogP contribution in [0.1, 0.15) is 11.1 Å². The molecule has 0 N–H and O–H groups in total. The molecule has 0 unspecified atom stereocenters. The molecular formula is C13H12LiP. The zero-order chi connectivity index (χ0) is 9.80. The van der Waals surface area contributed by atoms with Crippen molar-refractivity contribution in [2.75, 3.05) is 0 Å². The summed E-state index contributed by atoms with van der Waals surface area (Å²) in [7, 11) is 3.66. The molecule has 0 fully saturated rings. The zero-order valence-electron chi connectivity index (χ0n) is 7.77. The molecule has 0 aliphatic heterocycles. The number of hydrogen-bond donors (Lipinski definition) is 0. The fourth-order valence-electron chi connectivity index (χ4n) is 1.38. The standard InChI is InChI=1S/C13H11P.Li.H/c14-13(11-7-3-1-4-8-11)12-9-5-2-6-10-12;;/h1-10,14H;;. The van der Waals surface area contributed by atoms with Gasteiger partial charge in [-0.1, -0.05) is 60.7 Å². The van der Waals surface area contributed by atoms with Crippen LogP contribution in [-0.2, 0) is 0 Å². The van der Waals surface area contributed by atoms with Crippen LogP contribution in [0, 0.1) is 0 Å². The van der Waals surface area contributed by atoms with Gasteiger partial charge < -0.3 is 0 Å². The van der Waals surface area contributed by atoms with Crippen molar-refractivity contribution in [2.24, 2.45) is 0 Å². The Balaban J connectivity index is 0.00000112. The average Bonchev–Trinajstić information content (AvgIpc) is 2.30. The molecule has 0 saturated carbocycles. The number of benzene rings is 2. The van der Waals surface area contributed by atoms with E-state index in [1.807, 2.05) is 36.4 Å². The van der Waals surface area contributed by atoms with Gasteiger partial charge in [-0.05, 0) is 11.1 Å². The van der Waals surface area contributed by atoms with E-state index in [1.54, 1.807) is 0 Å². The molecule has 0 amide bonds. The third-order valence-corrected chi connectivity index (χ3v) is 2.70. The quantitative estimate of drug-likeness (QED) is 0.523. The minimum absolute atomic E-state index is 0. The SMILES string of the molecule is P=C(c1ccccc1)c1ccccc1.[LiH]. The molecule has 0 nitrogen and oxygen atoms in total. The Kier molecular flexibility index (Phi) is 4.86. The molecule has 0 heterocycles. The maximum absolute atomic E-state index is 3.66. The summed E-state index contributed by atoms with van der Waals surface area (Å²) in [5, 5.41) is 1.13. The van der Waals surface area contributed by atoms with E-state index in [2.05, 4.69) is 33.1 Å². The molecule has 0 aromatic heterocycles. The molecule has 0 saturated heterocycles. The molecule has 0 radical (unpaired) electrons. The monoisotopic (exact) mass is 206 g/mol. The summed E-state index contributed by atoms with van der Waals surface area (Å²) in [4.78, 5) is 0. The van der Waals surface area contributed by atoms with Crippen molar-refractivity contribution in [3.8, 4) is 0 Å². The molecule has 0 aliphatic carbocycles. The van der Waals surface area contributed by atoms with Crippen LogP contribution in [0.4, 0.5) is 0 Å². The summed E-state index contributed by atoms with van der Waals surface area (Å²) < 4.78 is 0. The number of hydrogen-bond acceptors (Lipinski definition) is 0. The van der Waals surface area contributed by atoms with Gasteiger partial charge in [0.05, 0.1) is 0 Å². The first-order chi connectivity index (χ1) is 6.88. The van der Waals surface area contributed by atoms with Crippen LogP contribution in [0.2, 0.25) is 0 Å². The van der Waals surface area contributed by atoms with Crippen LogP contribution in [0.3, 0.4) is 0 Å². The van der Waals surface area contributed by atoms with Crippen LogP contribution in [-0.4, -0.2) is 24.2 Å². The summed E-state index contributed by atoms with van der Waals surface area (Å²) in [6.07, 6.45) is 0. The Morgan fingerprint density at radius 1 is 0.667 bits per heavy atom. The van der Waals surface area contributed by atoms with E-state index in [9.17, 15) is 0 Å². The van der Waals surface area contributed by atoms with E-state index < -0.39 is 0 Å². The van der Waals surface area contributed by atoms with Gasteiger partial charge in [-0.15, -0.1) is 8.86 Å². The van der Waals surface area contributed by atoms with E-state index in [-0.39, 0.29) is 18.9 Å². The van der Waals surface area contributed by atoms with E-state index >= 15 is 0 Å². The van der Waals surface area contributed by atoms with Crippen molar-refractivity contribution in [1.29, 1.82) is 0 Å². The van der Waals surface area contributed by atoms with E-state index in [1.165, 1.54) is 11.1 Å². The summed E-state index contributed by atoms with van der Waals surface area (Å²) in [5.41, 5.74) is 2.41.